The zero-order chi connectivity index (χ0) is 15.0. The lowest BCUT2D eigenvalue weighted by molar-refractivity contribution is 0.397. The highest BCUT2D eigenvalue weighted by Crippen LogP contribution is 2.33. The fourth-order valence-corrected chi connectivity index (χ4v) is 4.06. The quantitative estimate of drug-likeness (QED) is 0.922. The molecule has 3 rings (SSSR count). The molecule has 0 spiro atoms. The number of benzene rings is 1. The largest absolute Gasteiger partial charge is 0.332 e. The van der Waals surface area contributed by atoms with Gasteiger partial charge in [0.15, 0.2) is 5.03 Å². The zero-order valence-corrected chi connectivity index (χ0v) is 13.0. The molecule has 2 aromatic rings. The Bertz CT molecular complexity index is 748. The standard InChI is InChI=1S/C15H19N3O2S/c1-11-4-3-5-13(8-11)10-18(14-6-7-14)21(19,20)15-9-16-12(2)17-15/h3-5,8-9,14H,6-7,10H2,1-2H3,(H,16,17). The third-order valence-electron chi connectivity index (χ3n) is 3.64. The molecule has 5 nitrogen and oxygen atoms in total. The molecule has 1 fully saturated rings. The summed E-state index contributed by atoms with van der Waals surface area (Å²) in [6.45, 7) is 4.17. The number of hydrogen-bond donors (Lipinski definition) is 1. The van der Waals surface area contributed by atoms with Crippen molar-refractivity contribution < 1.29 is 8.42 Å². The second kappa shape index (κ2) is 5.27. The van der Waals surface area contributed by atoms with Crippen LogP contribution in [0.2, 0.25) is 0 Å². The van der Waals surface area contributed by atoms with Crippen LogP contribution >= 0.6 is 0 Å². The molecule has 1 saturated carbocycles. The van der Waals surface area contributed by atoms with Gasteiger partial charge >= 0.3 is 0 Å². The smallest absolute Gasteiger partial charge is 0.260 e. The summed E-state index contributed by atoms with van der Waals surface area (Å²) < 4.78 is 27.1. The number of nitrogens with one attached hydrogen (secondary N) is 1. The highest BCUT2D eigenvalue weighted by molar-refractivity contribution is 7.89. The van der Waals surface area contributed by atoms with Crippen molar-refractivity contribution >= 4 is 10.0 Å². The summed E-state index contributed by atoms with van der Waals surface area (Å²) in [7, 11) is -3.51. The van der Waals surface area contributed by atoms with E-state index in [-0.39, 0.29) is 11.1 Å². The van der Waals surface area contributed by atoms with Gasteiger partial charge in [-0.3, -0.25) is 0 Å². The van der Waals surface area contributed by atoms with Crippen LogP contribution < -0.4 is 0 Å². The Kier molecular flexibility index (Phi) is 3.59. The van der Waals surface area contributed by atoms with E-state index in [0.717, 1.165) is 24.0 Å². The van der Waals surface area contributed by atoms with Gasteiger partial charge in [0.25, 0.3) is 10.0 Å². The first-order valence-corrected chi connectivity index (χ1v) is 8.50. The maximum absolute atomic E-state index is 12.8. The molecule has 1 aliphatic rings. The first-order chi connectivity index (χ1) is 9.96. The van der Waals surface area contributed by atoms with Crippen LogP contribution in [0.1, 0.15) is 29.8 Å². The Balaban J connectivity index is 1.91. The summed E-state index contributed by atoms with van der Waals surface area (Å²) in [6.07, 6.45) is 3.26. The summed E-state index contributed by atoms with van der Waals surface area (Å²) in [6, 6.07) is 8.08. The van der Waals surface area contributed by atoms with E-state index in [1.165, 1.54) is 6.20 Å². The van der Waals surface area contributed by atoms with Crippen LogP contribution in [0.15, 0.2) is 35.5 Å². The van der Waals surface area contributed by atoms with Crippen LogP contribution in [0.4, 0.5) is 0 Å². The Morgan fingerprint density at radius 2 is 2.10 bits per heavy atom. The molecule has 0 saturated heterocycles. The summed E-state index contributed by atoms with van der Waals surface area (Å²) >= 11 is 0. The molecule has 0 bridgehead atoms. The minimum absolute atomic E-state index is 0.110. The summed E-state index contributed by atoms with van der Waals surface area (Å²) in [5.41, 5.74) is 2.15. The van der Waals surface area contributed by atoms with Crippen molar-refractivity contribution in [1.82, 2.24) is 14.3 Å². The maximum atomic E-state index is 12.8. The molecule has 21 heavy (non-hydrogen) atoms. The molecule has 112 valence electrons. The fraction of sp³-hybridized carbons (Fsp3) is 0.400. The number of aryl methyl sites for hydroxylation is 2. The summed E-state index contributed by atoms with van der Waals surface area (Å²) in [5, 5.41) is 0.180. The topological polar surface area (TPSA) is 66.1 Å². The number of hydrogen-bond acceptors (Lipinski definition) is 3. The van der Waals surface area contributed by atoms with Crippen LogP contribution in [0.5, 0.6) is 0 Å². The number of sulfonamides is 1. The van der Waals surface area contributed by atoms with Crippen LogP contribution in [0, 0.1) is 13.8 Å². The lowest BCUT2D eigenvalue weighted by atomic mass is 10.1. The van der Waals surface area contributed by atoms with Gasteiger partial charge in [-0.2, -0.15) is 4.31 Å². The number of aromatic amines is 1. The van der Waals surface area contributed by atoms with Gasteiger partial charge in [-0.15, -0.1) is 0 Å². The molecule has 0 amide bonds. The van der Waals surface area contributed by atoms with E-state index >= 15 is 0 Å². The van der Waals surface area contributed by atoms with Crippen LogP contribution in [-0.2, 0) is 16.6 Å². The minimum Gasteiger partial charge on any atom is -0.332 e. The lowest BCUT2D eigenvalue weighted by Gasteiger charge is -2.21. The first kappa shape index (κ1) is 14.3. The number of rotatable bonds is 5. The van der Waals surface area contributed by atoms with E-state index in [2.05, 4.69) is 9.97 Å². The van der Waals surface area contributed by atoms with E-state index in [9.17, 15) is 8.42 Å². The van der Waals surface area contributed by atoms with Gasteiger partial charge in [-0.1, -0.05) is 29.8 Å². The van der Waals surface area contributed by atoms with Crippen molar-refractivity contribution in [2.24, 2.45) is 0 Å². The predicted molar refractivity (Wildman–Crippen MR) is 80.3 cm³/mol. The van der Waals surface area contributed by atoms with Gasteiger partial charge in [-0.25, -0.2) is 13.4 Å². The average molecular weight is 305 g/mol. The molecular formula is C15H19N3O2S. The normalized spacial score (nSPS) is 15.6. The van der Waals surface area contributed by atoms with Crippen LogP contribution in [0.25, 0.3) is 0 Å². The highest BCUT2D eigenvalue weighted by atomic mass is 32.2. The van der Waals surface area contributed by atoms with Gasteiger partial charge in [0.2, 0.25) is 0 Å². The number of imidazole rings is 1. The Hall–Kier alpha value is -1.66. The summed E-state index contributed by atoms with van der Waals surface area (Å²) in [5.74, 6) is 0.611. The van der Waals surface area contributed by atoms with Crippen molar-refractivity contribution in [1.29, 1.82) is 0 Å². The maximum Gasteiger partial charge on any atom is 0.260 e. The average Bonchev–Trinajstić information content (AvgIpc) is 3.16. The van der Waals surface area contributed by atoms with E-state index in [1.807, 2.05) is 31.2 Å². The van der Waals surface area contributed by atoms with Crippen molar-refractivity contribution in [2.75, 3.05) is 0 Å². The third kappa shape index (κ3) is 3.01. The number of nitrogens with zero attached hydrogens (tertiary/aromatic N) is 2. The van der Waals surface area contributed by atoms with Gasteiger partial charge in [-0.05, 0) is 32.3 Å². The zero-order valence-electron chi connectivity index (χ0n) is 12.2. The second-order valence-corrected chi connectivity index (χ2v) is 7.46. The molecule has 1 aliphatic carbocycles. The van der Waals surface area contributed by atoms with Gasteiger partial charge < -0.3 is 4.98 Å². The first-order valence-electron chi connectivity index (χ1n) is 7.06. The number of H-pyrrole nitrogens is 1. The van der Waals surface area contributed by atoms with Crippen LogP contribution in [-0.4, -0.2) is 28.7 Å². The van der Waals surface area contributed by atoms with Crippen molar-refractivity contribution in [3.8, 4) is 0 Å². The van der Waals surface area contributed by atoms with E-state index < -0.39 is 10.0 Å². The number of aromatic nitrogens is 2. The molecule has 1 aromatic heterocycles. The molecule has 1 aromatic carbocycles. The molecule has 0 radical (unpaired) electrons. The molecular weight excluding hydrogens is 286 g/mol. The molecule has 0 atom stereocenters. The molecule has 0 aliphatic heterocycles. The fourth-order valence-electron chi connectivity index (χ4n) is 2.42. The Morgan fingerprint density at radius 1 is 1.33 bits per heavy atom. The highest BCUT2D eigenvalue weighted by Gasteiger charge is 2.38. The molecule has 1 heterocycles. The van der Waals surface area contributed by atoms with E-state index in [0.29, 0.717) is 12.4 Å². The monoisotopic (exact) mass is 305 g/mol. The SMILES string of the molecule is Cc1cccc(CN(C2CC2)S(=O)(=O)c2cnc(C)[nH]2)c1. The Morgan fingerprint density at radius 3 is 2.67 bits per heavy atom. The van der Waals surface area contributed by atoms with Gasteiger partial charge in [0.05, 0.1) is 6.20 Å². The van der Waals surface area contributed by atoms with Crippen molar-refractivity contribution in [3.05, 3.63) is 47.4 Å². The van der Waals surface area contributed by atoms with Crippen LogP contribution in [0.3, 0.4) is 0 Å². The molecule has 0 unspecified atom stereocenters. The van der Waals surface area contributed by atoms with Gasteiger partial charge in [0, 0.05) is 12.6 Å². The van der Waals surface area contributed by atoms with E-state index in [1.54, 1.807) is 11.2 Å². The van der Waals surface area contributed by atoms with Crippen molar-refractivity contribution in [3.63, 3.8) is 0 Å². The molecule has 6 heteroatoms. The summed E-state index contributed by atoms with van der Waals surface area (Å²) in [4.78, 5) is 6.84. The minimum atomic E-state index is -3.51. The molecule has 1 N–H and O–H groups in total. The van der Waals surface area contributed by atoms with Crippen molar-refractivity contribution in [2.45, 2.75) is 44.3 Å². The van der Waals surface area contributed by atoms with E-state index in [4.69, 9.17) is 0 Å². The lowest BCUT2D eigenvalue weighted by Crippen LogP contribution is -2.33. The predicted octanol–water partition coefficient (Wildman–Crippen LogP) is 2.38. The van der Waals surface area contributed by atoms with Gasteiger partial charge in [0.1, 0.15) is 5.82 Å². The Labute approximate surface area is 125 Å². The third-order valence-corrected chi connectivity index (χ3v) is 5.45. The second-order valence-electron chi connectivity index (χ2n) is 5.60.